The van der Waals surface area contributed by atoms with Gasteiger partial charge in [-0.1, -0.05) is 0 Å². The number of aromatic nitrogens is 1. The average molecular weight is 298 g/mol. The lowest BCUT2D eigenvalue weighted by molar-refractivity contribution is -0.274. The van der Waals surface area contributed by atoms with Crippen LogP contribution in [0.4, 0.5) is 18.9 Å². The van der Waals surface area contributed by atoms with Gasteiger partial charge in [-0.15, -0.1) is 13.2 Å². The lowest BCUT2D eigenvalue weighted by Crippen LogP contribution is -2.22. The molecule has 8 heteroatoms. The second-order valence-corrected chi connectivity index (χ2v) is 3.94. The quantitative estimate of drug-likeness (QED) is 0.914. The van der Waals surface area contributed by atoms with Gasteiger partial charge in [0, 0.05) is 11.9 Å². The van der Waals surface area contributed by atoms with Crippen LogP contribution in [0.1, 0.15) is 10.4 Å². The van der Waals surface area contributed by atoms with Crippen molar-refractivity contribution in [3.8, 4) is 5.75 Å². The zero-order valence-corrected chi connectivity index (χ0v) is 10.4. The number of benzene rings is 1. The minimum absolute atomic E-state index is 0.104. The summed E-state index contributed by atoms with van der Waals surface area (Å²) in [5.74, 6) is -1.07. The average Bonchev–Trinajstić information content (AvgIpc) is 2.40. The number of anilines is 1. The monoisotopic (exact) mass is 298 g/mol. The van der Waals surface area contributed by atoms with Gasteiger partial charge in [0.05, 0.1) is 0 Å². The van der Waals surface area contributed by atoms with Crippen LogP contribution in [-0.2, 0) is 0 Å². The number of nitrogens with one attached hydrogen (secondary N) is 2. The van der Waals surface area contributed by atoms with Gasteiger partial charge in [-0.2, -0.15) is 0 Å². The molecule has 0 saturated carbocycles. The van der Waals surface area contributed by atoms with Gasteiger partial charge in [-0.3, -0.25) is 9.59 Å². The van der Waals surface area contributed by atoms with E-state index in [0.29, 0.717) is 0 Å². The van der Waals surface area contributed by atoms with Gasteiger partial charge < -0.3 is 15.0 Å². The highest BCUT2D eigenvalue weighted by atomic mass is 19.4. The summed E-state index contributed by atoms with van der Waals surface area (Å²) in [4.78, 5) is 25.5. The van der Waals surface area contributed by atoms with Crippen LogP contribution >= 0.6 is 0 Å². The Labute approximate surface area is 116 Å². The van der Waals surface area contributed by atoms with Crippen LogP contribution in [0, 0.1) is 0 Å². The number of halogens is 3. The number of hydrogen-bond acceptors (Lipinski definition) is 3. The standard InChI is InChI=1S/C13H9F3N2O3/c14-13(15,16)21-9-5-3-8(4-6-9)18-12(20)10-2-1-7-17-11(10)19/h1-7H,(H,17,19)(H,18,20). The van der Waals surface area contributed by atoms with Crippen LogP contribution < -0.4 is 15.6 Å². The summed E-state index contributed by atoms with van der Waals surface area (Å²) in [6.45, 7) is 0. The molecule has 0 aliphatic carbocycles. The predicted molar refractivity (Wildman–Crippen MR) is 68.1 cm³/mol. The maximum atomic E-state index is 12.0. The van der Waals surface area contributed by atoms with E-state index in [-0.39, 0.29) is 11.3 Å². The van der Waals surface area contributed by atoms with Crippen LogP contribution in [0.25, 0.3) is 0 Å². The Morgan fingerprint density at radius 1 is 1.14 bits per heavy atom. The largest absolute Gasteiger partial charge is 0.573 e. The SMILES string of the molecule is O=C(Nc1ccc(OC(F)(F)F)cc1)c1ccc[nH]c1=O. The van der Waals surface area contributed by atoms with E-state index in [9.17, 15) is 22.8 Å². The lowest BCUT2D eigenvalue weighted by Gasteiger charge is -2.09. The number of alkyl halides is 3. The van der Waals surface area contributed by atoms with E-state index in [1.54, 1.807) is 0 Å². The zero-order chi connectivity index (χ0) is 15.5. The molecule has 0 bridgehead atoms. The molecule has 1 amide bonds. The summed E-state index contributed by atoms with van der Waals surface area (Å²) in [5.41, 5.74) is -0.432. The Kier molecular flexibility index (Phi) is 3.97. The van der Waals surface area contributed by atoms with Crippen LogP contribution in [0.3, 0.4) is 0 Å². The predicted octanol–water partition coefficient (Wildman–Crippen LogP) is 2.53. The number of ether oxygens (including phenoxy) is 1. The number of aromatic amines is 1. The second-order valence-electron chi connectivity index (χ2n) is 3.94. The van der Waals surface area contributed by atoms with E-state index in [2.05, 4.69) is 15.0 Å². The number of carbonyl (C=O) groups is 1. The van der Waals surface area contributed by atoms with E-state index in [4.69, 9.17) is 0 Å². The summed E-state index contributed by atoms with van der Waals surface area (Å²) in [7, 11) is 0. The fourth-order valence-corrected chi connectivity index (χ4v) is 1.54. The maximum absolute atomic E-state index is 12.0. The van der Waals surface area contributed by atoms with Crippen molar-refractivity contribution < 1.29 is 22.7 Å². The molecule has 2 aromatic rings. The first-order valence-corrected chi connectivity index (χ1v) is 5.70. The summed E-state index contributed by atoms with van der Waals surface area (Å²) >= 11 is 0. The summed E-state index contributed by atoms with van der Waals surface area (Å²) in [6, 6.07) is 7.38. The van der Waals surface area contributed by atoms with Crippen molar-refractivity contribution in [3.63, 3.8) is 0 Å². The molecule has 1 aromatic carbocycles. The fourth-order valence-electron chi connectivity index (χ4n) is 1.54. The lowest BCUT2D eigenvalue weighted by atomic mass is 10.2. The Balaban J connectivity index is 2.09. The van der Waals surface area contributed by atoms with Crippen LogP contribution in [0.5, 0.6) is 5.75 Å². The maximum Gasteiger partial charge on any atom is 0.573 e. The molecule has 0 aliphatic heterocycles. The van der Waals surface area contributed by atoms with Crippen LogP contribution in [0.15, 0.2) is 47.4 Å². The molecule has 0 atom stereocenters. The topological polar surface area (TPSA) is 71.2 Å². The van der Waals surface area contributed by atoms with E-state index in [1.807, 2.05) is 0 Å². The minimum atomic E-state index is -4.78. The molecule has 0 fully saturated rings. The number of pyridine rings is 1. The van der Waals surface area contributed by atoms with Gasteiger partial charge in [0.15, 0.2) is 0 Å². The van der Waals surface area contributed by atoms with Crippen molar-refractivity contribution in [2.75, 3.05) is 5.32 Å². The van der Waals surface area contributed by atoms with E-state index in [0.717, 1.165) is 12.1 Å². The molecule has 0 unspecified atom stereocenters. The van der Waals surface area contributed by atoms with E-state index in [1.165, 1.54) is 30.5 Å². The van der Waals surface area contributed by atoms with Gasteiger partial charge >= 0.3 is 6.36 Å². The summed E-state index contributed by atoms with van der Waals surface area (Å²) in [6.07, 6.45) is -3.40. The third kappa shape index (κ3) is 4.10. The number of rotatable bonds is 3. The third-order valence-electron chi connectivity index (χ3n) is 2.41. The van der Waals surface area contributed by atoms with E-state index >= 15 is 0 Å². The summed E-state index contributed by atoms with van der Waals surface area (Å²) < 4.78 is 39.7. The van der Waals surface area contributed by atoms with Crippen LogP contribution in [-0.4, -0.2) is 17.3 Å². The molecule has 5 nitrogen and oxygen atoms in total. The van der Waals surface area contributed by atoms with Gasteiger partial charge in [-0.25, -0.2) is 0 Å². The fraction of sp³-hybridized carbons (Fsp3) is 0.0769. The molecule has 2 rings (SSSR count). The first-order valence-electron chi connectivity index (χ1n) is 5.70. The molecule has 2 N–H and O–H groups in total. The normalized spacial score (nSPS) is 11.0. The smallest absolute Gasteiger partial charge is 0.406 e. The molecule has 0 saturated heterocycles. The van der Waals surface area contributed by atoms with E-state index < -0.39 is 23.6 Å². The molecule has 0 aliphatic rings. The molecule has 1 aromatic heterocycles. The van der Waals surface area contributed by atoms with Crippen LogP contribution in [0.2, 0.25) is 0 Å². The van der Waals surface area contributed by atoms with Crippen molar-refractivity contribution in [2.24, 2.45) is 0 Å². The molecular weight excluding hydrogens is 289 g/mol. The van der Waals surface area contributed by atoms with Crippen molar-refractivity contribution in [3.05, 3.63) is 58.5 Å². The van der Waals surface area contributed by atoms with Crippen molar-refractivity contribution in [1.29, 1.82) is 0 Å². The highest BCUT2D eigenvalue weighted by molar-refractivity contribution is 6.03. The summed E-state index contributed by atoms with van der Waals surface area (Å²) in [5, 5.41) is 2.39. The van der Waals surface area contributed by atoms with Crippen molar-refractivity contribution >= 4 is 11.6 Å². The Morgan fingerprint density at radius 3 is 2.38 bits per heavy atom. The molecule has 0 spiro atoms. The number of hydrogen-bond donors (Lipinski definition) is 2. The first kappa shape index (κ1) is 14.6. The highest BCUT2D eigenvalue weighted by Gasteiger charge is 2.30. The van der Waals surface area contributed by atoms with Crippen molar-refractivity contribution in [2.45, 2.75) is 6.36 Å². The Morgan fingerprint density at radius 2 is 1.81 bits per heavy atom. The molecule has 21 heavy (non-hydrogen) atoms. The Bertz CT molecular complexity index is 693. The van der Waals surface area contributed by atoms with Gasteiger partial charge in [0.1, 0.15) is 11.3 Å². The first-order chi connectivity index (χ1) is 9.85. The third-order valence-corrected chi connectivity index (χ3v) is 2.41. The number of H-pyrrole nitrogens is 1. The van der Waals surface area contributed by atoms with Gasteiger partial charge in [-0.05, 0) is 36.4 Å². The zero-order valence-electron chi connectivity index (χ0n) is 10.4. The van der Waals surface area contributed by atoms with Gasteiger partial charge in [0.25, 0.3) is 11.5 Å². The van der Waals surface area contributed by atoms with Crippen molar-refractivity contribution in [1.82, 2.24) is 4.98 Å². The Hall–Kier alpha value is -2.77. The molecule has 110 valence electrons. The minimum Gasteiger partial charge on any atom is -0.406 e. The highest BCUT2D eigenvalue weighted by Crippen LogP contribution is 2.23. The molecular formula is C13H9F3N2O3. The molecule has 0 radical (unpaired) electrons. The van der Waals surface area contributed by atoms with Gasteiger partial charge in [0.2, 0.25) is 0 Å². The number of amides is 1. The molecule has 1 heterocycles. The number of carbonyl (C=O) groups excluding carboxylic acids is 1. The second kappa shape index (κ2) is 5.70.